The Labute approximate surface area is 122 Å². The van der Waals surface area contributed by atoms with Gasteiger partial charge in [-0.3, -0.25) is 4.98 Å². The molecule has 0 bridgehead atoms. The number of hydrogen-bond acceptors (Lipinski definition) is 6. The van der Waals surface area contributed by atoms with Crippen molar-refractivity contribution >= 4 is 19.7 Å². The van der Waals surface area contributed by atoms with Crippen molar-refractivity contribution in [3.63, 3.8) is 0 Å². The molecule has 0 amide bonds. The Balaban J connectivity index is 2.23. The fourth-order valence-corrected chi connectivity index (χ4v) is 6.82. The third-order valence-electron chi connectivity index (χ3n) is 3.42. The Morgan fingerprint density at radius 1 is 1.14 bits per heavy atom. The number of hydrogen-bond donors (Lipinski definition) is 0. The van der Waals surface area contributed by atoms with E-state index in [4.69, 9.17) is 0 Å². The van der Waals surface area contributed by atoms with Gasteiger partial charge in [-0.2, -0.15) is 0 Å². The predicted octanol–water partition coefficient (Wildman–Crippen LogP) is 1.09. The molecule has 110 valence electrons. The van der Waals surface area contributed by atoms with Crippen molar-refractivity contribution < 1.29 is 16.8 Å². The van der Waals surface area contributed by atoms with E-state index >= 15 is 0 Å². The highest BCUT2D eigenvalue weighted by atomic mass is 32.2. The number of sulfone groups is 2. The van der Waals surface area contributed by atoms with Gasteiger partial charge in [0.25, 0.3) is 0 Å². The maximum absolute atomic E-state index is 12.6. The highest BCUT2D eigenvalue weighted by Gasteiger charge is 2.45. The van der Waals surface area contributed by atoms with Crippen molar-refractivity contribution in [2.75, 3.05) is 5.75 Å². The second-order valence-corrected chi connectivity index (χ2v) is 8.87. The molecule has 0 saturated carbocycles. The van der Waals surface area contributed by atoms with Crippen molar-refractivity contribution in [3.8, 4) is 0 Å². The topological polar surface area (TPSA) is 94.1 Å². The SMILES string of the molecule is Cc1ccnc2c1S(=O)(=O)CC2S(=O)(=O)c1ccccn1. The van der Waals surface area contributed by atoms with E-state index < -0.39 is 30.7 Å². The van der Waals surface area contributed by atoms with E-state index in [1.807, 2.05) is 0 Å². The third kappa shape index (κ3) is 2.14. The Bertz CT molecular complexity index is 906. The van der Waals surface area contributed by atoms with Crippen molar-refractivity contribution in [2.45, 2.75) is 22.1 Å². The molecule has 0 aromatic carbocycles. The van der Waals surface area contributed by atoms with Crippen LogP contribution in [0.4, 0.5) is 0 Å². The van der Waals surface area contributed by atoms with Crippen LogP contribution in [0, 0.1) is 6.92 Å². The zero-order valence-electron chi connectivity index (χ0n) is 11.1. The summed E-state index contributed by atoms with van der Waals surface area (Å²) in [7, 11) is -7.54. The molecule has 8 heteroatoms. The highest BCUT2D eigenvalue weighted by Crippen LogP contribution is 2.40. The molecular weight excluding hydrogens is 312 g/mol. The lowest BCUT2D eigenvalue weighted by atomic mass is 10.2. The van der Waals surface area contributed by atoms with Crippen LogP contribution in [-0.2, 0) is 19.7 Å². The van der Waals surface area contributed by atoms with E-state index in [1.54, 1.807) is 25.1 Å². The van der Waals surface area contributed by atoms with Gasteiger partial charge in [0, 0.05) is 12.4 Å². The van der Waals surface area contributed by atoms with Crippen molar-refractivity contribution in [2.24, 2.45) is 0 Å². The van der Waals surface area contributed by atoms with Gasteiger partial charge in [-0.1, -0.05) is 6.07 Å². The number of aryl methyl sites for hydroxylation is 1. The summed E-state index contributed by atoms with van der Waals surface area (Å²) in [5.41, 5.74) is 0.611. The molecule has 3 heterocycles. The van der Waals surface area contributed by atoms with E-state index in [9.17, 15) is 16.8 Å². The molecule has 0 aliphatic carbocycles. The van der Waals surface area contributed by atoms with Crippen molar-refractivity contribution in [1.29, 1.82) is 0 Å². The molecule has 1 unspecified atom stereocenters. The van der Waals surface area contributed by atoms with E-state index in [1.165, 1.54) is 18.5 Å². The predicted molar refractivity (Wildman–Crippen MR) is 75.2 cm³/mol. The summed E-state index contributed by atoms with van der Waals surface area (Å²) < 4.78 is 49.7. The fourth-order valence-electron chi connectivity index (χ4n) is 2.46. The largest absolute Gasteiger partial charge is 0.258 e. The van der Waals surface area contributed by atoms with Crippen LogP contribution in [0.25, 0.3) is 0 Å². The minimum atomic E-state index is -3.89. The second-order valence-electron chi connectivity index (χ2n) is 4.83. The second kappa shape index (κ2) is 4.60. The van der Waals surface area contributed by atoms with Gasteiger partial charge in [-0.25, -0.2) is 21.8 Å². The van der Waals surface area contributed by atoms with Gasteiger partial charge in [0.05, 0.1) is 16.3 Å². The molecule has 2 aromatic heterocycles. The van der Waals surface area contributed by atoms with Crippen LogP contribution in [-0.4, -0.2) is 32.6 Å². The molecular formula is C13H12N2O4S2. The van der Waals surface area contributed by atoms with Gasteiger partial charge in [-0.15, -0.1) is 0 Å². The molecule has 0 spiro atoms. The summed E-state index contributed by atoms with van der Waals surface area (Å²) in [4.78, 5) is 7.87. The first-order valence-corrected chi connectivity index (χ1v) is 9.37. The zero-order valence-corrected chi connectivity index (χ0v) is 12.7. The quantitative estimate of drug-likeness (QED) is 0.820. The van der Waals surface area contributed by atoms with E-state index in [0.29, 0.717) is 5.56 Å². The van der Waals surface area contributed by atoms with E-state index in [0.717, 1.165) is 0 Å². The number of rotatable bonds is 2. The van der Waals surface area contributed by atoms with E-state index in [2.05, 4.69) is 9.97 Å². The zero-order chi connectivity index (χ0) is 15.3. The smallest absolute Gasteiger partial charge is 0.205 e. The molecule has 0 radical (unpaired) electrons. The number of pyridine rings is 2. The molecule has 1 aliphatic heterocycles. The Morgan fingerprint density at radius 3 is 2.57 bits per heavy atom. The number of aromatic nitrogens is 2. The van der Waals surface area contributed by atoms with Crippen LogP contribution in [0.3, 0.4) is 0 Å². The summed E-state index contributed by atoms with van der Waals surface area (Å²) in [6.07, 6.45) is 2.79. The van der Waals surface area contributed by atoms with Gasteiger partial charge < -0.3 is 0 Å². The normalized spacial score (nSPS) is 20.1. The molecule has 21 heavy (non-hydrogen) atoms. The fraction of sp³-hybridized carbons (Fsp3) is 0.231. The molecule has 1 atom stereocenters. The van der Waals surface area contributed by atoms with Crippen LogP contribution < -0.4 is 0 Å². The van der Waals surface area contributed by atoms with Gasteiger partial charge in [0.1, 0.15) is 5.25 Å². The Hall–Kier alpha value is -1.80. The van der Waals surface area contributed by atoms with Crippen molar-refractivity contribution in [1.82, 2.24) is 9.97 Å². The minimum absolute atomic E-state index is 0.0366. The standard InChI is InChI=1S/C13H12N2O4S2/c1-9-5-7-15-12-10(8-20(16,17)13(9)12)21(18,19)11-4-2-3-6-14-11/h2-7,10H,8H2,1H3. The van der Waals surface area contributed by atoms with Gasteiger partial charge in [0.2, 0.25) is 9.84 Å². The Kier molecular flexibility index (Phi) is 3.10. The first-order chi connectivity index (χ1) is 9.84. The number of fused-ring (bicyclic) bond motifs is 1. The summed E-state index contributed by atoms with van der Waals surface area (Å²) >= 11 is 0. The van der Waals surface area contributed by atoms with Gasteiger partial charge >= 0.3 is 0 Å². The lowest BCUT2D eigenvalue weighted by Crippen LogP contribution is -2.17. The average molecular weight is 324 g/mol. The average Bonchev–Trinajstić information content (AvgIpc) is 2.73. The summed E-state index contributed by atoms with van der Waals surface area (Å²) in [6, 6.07) is 6.07. The molecule has 0 N–H and O–H groups in total. The maximum Gasteiger partial charge on any atom is 0.205 e. The van der Waals surface area contributed by atoms with Crippen molar-refractivity contribution in [3.05, 3.63) is 47.9 Å². The van der Waals surface area contributed by atoms with Crippen LogP contribution in [0.15, 0.2) is 46.6 Å². The monoisotopic (exact) mass is 324 g/mol. The lowest BCUT2D eigenvalue weighted by Gasteiger charge is -2.10. The molecule has 1 aliphatic rings. The highest BCUT2D eigenvalue weighted by molar-refractivity contribution is 7.96. The Morgan fingerprint density at radius 2 is 1.90 bits per heavy atom. The molecule has 6 nitrogen and oxygen atoms in total. The number of nitrogens with zero attached hydrogens (tertiary/aromatic N) is 2. The first kappa shape index (κ1) is 14.2. The van der Waals surface area contributed by atoms with Crippen LogP contribution >= 0.6 is 0 Å². The third-order valence-corrected chi connectivity index (χ3v) is 7.52. The summed E-state index contributed by atoms with van der Waals surface area (Å²) in [5, 5.41) is -1.34. The van der Waals surface area contributed by atoms with Gasteiger partial charge in [-0.05, 0) is 30.7 Å². The molecule has 0 saturated heterocycles. The summed E-state index contributed by atoms with van der Waals surface area (Å²) in [6.45, 7) is 1.63. The lowest BCUT2D eigenvalue weighted by molar-refractivity contribution is 0.578. The van der Waals surface area contributed by atoms with Crippen LogP contribution in [0.5, 0.6) is 0 Å². The van der Waals surface area contributed by atoms with E-state index in [-0.39, 0.29) is 15.6 Å². The van der Waals surface area contributed by atoms with Crippen LogP contribution in [0.1, 0.15) is 16.5 Å². The molecule has 2 aromatic rings. The first-order valence-electron chi connectivity index (χ1n) is 6.17. The molecule has 0 fully saturated rings. The van der Waals surface area contributed by atoms with Gasteiger partial charge in [0.15, 0.2) is 14.9 Å². The summed E-state index contributed by atoms with van der Waals surface area (Å²) in [5.74, 6) is -0.487. The minimum Gasteiger partial charge on any atom is -0.258 e. The maximum atomic E-state index is 12.6. The van der Waals surface area contributed by atoms with Crippen LogP contribution in [0.2, 0.25) is 0 Å². The molecule has 3 rings (SSSR count).